The van der Waals surface area contributed by atoms with Gasteiger partial charge in [0.2, 0.25) is 10.0 Å². The van der Waals surface area contributed by atoms with Crippen molar-refractivity contribution in [2.45, 2.75) is 44.0 Å². The van der Waals surface area contributed by atoms with Gasteiger partial charge in [-0.25, -0.2) is 13.1 Å². The van der Waals surface area contributed by atoms with Crippen LogP contribution in [0.15, 0.2) is 17.2 Å². The third-order valence-electron chi connectivity index (χ3n) is 4.02. The van der Waals surface area contributed by atoms with Crippen LogP contribution in [-0.2, 0) is 23.6 Å². The van der Waals surface area contributed by atoms with Crippen molar-refractivity contribution in [2.24, 2.45) is 13.0 Å². The molecule has 114 valence electrons. The first-order chi connectivity index (χ1) is 9.53. The Kier molecular flexibility index (Phi) is 5.23. The van der Waals surface area contributed by atoms with Crippen LogP contribution in [-0.4, -0.2) is 26.1 Å². The first-order valence-electron chi connectivity index (χ1n) is 7.38. The van der Waals surface area contributed by atoms with E-state index in [1.165, 1.54) is 19.3 Å². The molecule has 1 aromatic heterocycles. The Morgan fingerprint density at radius 1 is 1.40 bits per heavy atom. The molecular formula is C14H25N3O2S. The second-order valence-electron chi connectivity index (χ2n) is 5.54. The van der Waals surface area contributed by atoms with Gasteiger partial charge in [0.25, 0.3) is 0 Å². The molecule has 1 saturated carbocycles. The topological polar surface area (TPSA) is 63.1 Å². The molecule has 5 nitrogen and oxygen atoms in total. The first kappa shape index (κ1) is 15.5. The summed E-state index contributed by atoms with van der Waals surface area (Å²) in [5.41, 5.74) is 0.978. The molecule has 0 radical (unpaired) electrons. The van der Waals surface area contributed by atoms with E-state index in [-0.39, 0.29) is 0 Å². The summed E-state index contributed by atoms with van der Waals surface area (Å²) < 4.78 is 29.0. The zero-order chi connectivity index (χ0) is 14.6. The molecule has 0 spiro atoms. The summed E-state index contributed by atoms with van der Waals surface area (Å²) >= 11 is 0. The highest BCUT2D eigenvalue weighted by Crippen LogP contribution is 2.28. The minimum Gasteiger partial charge on any atom is -0.352 e. The van der Waals surface area contributed by atoms with Crippen LogP contribution in [0.4, 0.5) is 0 Å². The van der Waals surface area contributed by atoms with Crippen molar-refractivity contribution in [3.05, 3.63) is 18.0 Å². The molecule has 0 aromatic carbocycles. The normalized spacial score (nSPS) is 16.3. The molecular weight excluding hydrogens is 274 g/mol. The molecule has 2 rings (SSSR count). The molecule has 0 unspecified atom stereocenters. The summed E-state index contributed by atoms with van der Waals surface area (Å²) in [5, 5.41) is 3.21. The predicted molar refractivity (Wildman–Crippen MR) is 79.9 cm³/mol. The Morgan fingerprint density at radius 2 is 2.15 bits per heavy atom. The van der Waals surface area contributed by atoms with Crippen molar-refractivity contribution in [3.63, 3.8) is 0 Å². The van der Waals surface area contributed by atoms with E-state index in [9.17, 15) is 8.42 Å². The predicted octanol–water partition coefficient (Wildman–Crippen LogP) is 1.60. The second-order valence-corrected chi connectivity index (χ2v) is 7.31. The lowest BCUT2D eigenvalue weighted by Crippen LogP contribution is -2.27. The number of nitrogens with one attached hydrogen (secondary N) is 2. The molecule has 1 aliphatic rings. The number of aryl methyl sites for hydroxylation is 1. The van der Waals surface area contributed by atoms with E-state index in [4.69, 9.17) is 0 Å². The van der Waals surface area contributed by atoms with Crippen LogP contribution in [0.1, 0.15) is 38.3 Å². The van der Waals surface area contributed by atoms with E-state index in [2.05, 4.69) is 10.0 Å². The molecule has 20 heavy (non-hydrogen) atoms. The highest BCUT2D eigenvalue weighted by Gasteiger charge is 2.20. The summed E-state index contributed by atoms with van der Waals surface area (Å²) in [7, 11) is -1.49. The maximum Gasteiger partial charge on any atom is 0.242 e. The van der Waals surface area contributed by atoms with Gasteiger partial charge >= 0.3 is 0 Å². The van der Waals surface area contributed by atoms with Gasteiger partial charge in [0, 0.05) is 32.0 Å². The van der Waals surface area contributed by atoms with E-state index >= 15 is 0 Å². The van der Waals surface area contributed by atoms with Crippen LogP contribution < -0.4 is 10.0 Å². The van der Waals surface area contributed by atoms with Gasteiger partial charge in [-0.3, -0.25) is 0 Å². The molecule has 0 saturated heterocycles. The van der Waals surface area contributed by atoms with Gasteiger partial charge in [0.1, 0.15) is 0 Å². The maximum absolute atomic E-state index is 12.2. The van der Waals surface area contributed by atoms with Crippen LogP contribution in [0.3, 0.4) is 0 Å². The minimum absolute atomic E-state index is 0.363. The van der Waals surface area contributed by atoms with Crippen molar-refractivity contribution in [1.82, 2.24) is 14.6 Å². The third-order valence-corrected chi connectivity index (χ3v) is 5.45. The van der Waals surface area contributed by atoms with Crippen molar-refractivity contribution in [2.75, 3.05) is 13.1 Å². The van der Waals surface area contributed by atoms with E-state index in [0.29, 0.717) is 18.0 Å². The smallest absolute Gasteiger partial charge is 0.242 e. The Balaban J connectivity index is 1.93. The van der Waals surface area contributed by atoms with Crippen molar-refractivity contribution < 1.29 is 8.42 Å². The minimum atomic E-state index is -3.37. The molecule has 0 bridgehead atoms. The van der Waals surface area contributed by atoms with Crippen LogP contribution >= 0.6 is 0 Å². The Hall–Kier alpha value is -0.850. The number of rotatable bonds is 8. The fourth-order valence-corrected chi connectivity index (χ4v) is 3.56. The quantitative estimate of drug-likeness (QED) is 0.766. The highest BCUT2D eigenvalue weighted by molar-refractivity contribution is 7.89. The van der Waals surface area contributed by atoms with Crippen LogP contribution in [0.25, 0.3) is 0 Å². The molecule has 1 aromatic rings. The maximum atomic E-state index is 12.2. The third kappa shape index (κ3) is 3.84. The molecule has 1 heterocycles. The summed E-state index contributed by atoms with van der Waals surface area (Å²) in [4.78, 5) is 0.363. The zero-order valence-corrected chi connectivity index (χ0v) is 13.2. The molecule has 1 fully saturated rings. The van der Waals surface area contributed by atoms with E-state index in [0.717, 1.165) is 24.6 Å². The molecule has 0 atom stereocenters. The van der Waals surface area contributed by atoms with E-state index in [1.54, 1.807) is 12.3 Å². The monoisotopic (exact) mass is 299 g/mol. The lowest BCUT2D eigenvalue weighted by molar-refractivity contribution is 0.297. The Bertz CT molecular complexity index is 533. The average molecular weight is 299 g/mol. The SMILES string of the molecule is CCNCc1cc(S(=O)(=O)NCCC2CCC2)cn1C. The summed E-state index contributed by atoms with van der Waals surface area (Å²) in [6, 6.07) is 1.74. The van der Waals surface area contributed by atoms with Gasteiger partial charge in [0.15, 0.2) is 0 Å². The van der Waals surface area contributed by atoms with Gasteiger partial charge in [-0.05, 0) is 24.9 Å². The lowest BCUT2D eigenvalue weighted by Gasteiger charge is -2.24. The standard InChI is InChI=1S/C14H25N3O2S/c1-3-15-10-13-9-14(11-17(13)2)20(18,19)16-8-7-12-5-4-6-12/h9,11-12,15-16H,3-8,10H2,1-2H3. The van der Waals surface area contributed by atoms with Gasteiger partial charge in [-0.15, -0.1) is 0 Å². The molecule has 0 amide bonds. The van der Waals surface area contributed by atoms with Gasteiger partial charge in [-0.1, -0.05) is 26.2 Å². The van der Waals surface area contributed by atoms with E-state index < -0.39 is 10.0 Å². The summed E-state index contributed by atoms with van der Waals surface area (Å²) in [5.74, 6) is 0.720. The van der Waals surface area contributed by atoms with Gasteiger partial charge < -0.3 is 9.88 Å². The van der Waals surface area contributed by atoms with Crippen LogP contribution in [0.5, 0.6) is 0 Å². The van der Waals surface area contributed by atoms with Crippen molar-refractivity contribution in [3.8, 4) is 0 Å². The second kappa shape index (κ2) is 6.74. The molecule has 0 aliphatic heterocycles. The summed E-state index contributed by atoms with van der Waals surface area (Å²) in [6.45, 7) is 4.13. The zero-order valence-electron chi connectivity index (χ0n) is 12.4. The average Bonchev–Trinajstić information content (AvgIpc) is 2.72. The number of hydrogen-bond acceptors (Lipinski definition) is 3. The molecule has 2 N–H and O–H groups in total. The van der Waals surface area contributed by atoms with Crippen LogP contribution in [0, 0.1) is 5.92 Å². The Morgan fingerprint density at radius 3 is 2.75 bits per heavy atom. The largest absolute Gasteiger partial charge is 0.352 e. The first-order valence-corrected chi connectivity index (χ1v) is 8.87. The summed E-state index contributed by atoms with van der Waals surface area (Å²) in [6.07, 6.45) is 6.43. The number of sulfonamides is 1. The fourth-order valence-electron chi connectivity index (χ4n) is 2.42. The van der Waals surface area contributed by atoms with Crippen LogP contribution in [0.2, 0.25) is 0 Å². The lowest BCUT2D eigenvalue weighted by atomic mass is 9.83. The highest BCUT2D eigenvalue weighted by atomic mass is 32.2. The molecule has 6 heteroatoms. The van der Waals surface area contributed by atoms with Gasteiger partial charge in [-0.2, -0.15) is 0 Å². The van der Waals surface area contributed by atoms with Crippen molar-refractivity contribution >= 4 is 10.0 Å². The molecule has 1 aliphatic carbocycles. The number of hydrogen-bond donors (Lipinski definition) is 2. The Labute approximate surface area is 121 Å². The number of aromatic nitrogens is 1. The van der Waals surface area contributed by atoms with E-state index in [1.807, 2.05) is 18.5 Å². The number of nitrogens with zero attached hydrogens (tertiary/aromatic N) is 1. The van der Waals surface area contributed by atoms with Crippen molar-refractivity contribution in [1.29, 1.82) is 0 Å². The van der Waals surface area contributed by atoms with Gasteiger partial charge in [0.05, 0.1) is 4.90 Å². The fraction of sp³-hybridized carbons (Fsp3) is 0.714.